The lowest BCUT2D eigenvalue weighted by Gasteiger charge is -2.05. The maximum atomic E-state index is 10.9. The van der Waals surface area contributed by atoms with E-state index in [4.69, 9.17) is 23.2 Å². The van der Waals surface area contributed by atoms with Crippen LogP contribution in [0.1, 0.15) is 16.1 Å². The van der Waals surface area contributed by atoms with Crippen LogP contribution in [0.5, 0.6) is 0 Å². The van der Waals surface area contributed by atoms with Gasteiger partial charge in [0, 0.05) is 16.6 Å². The molecule has 2 rings (SSSR count). The fourth-order valence-corrected chi connectivity index (χ4v) is 1.85. The van der Waals surface area contributed by atoms with Crippen molar-refractivity contribution in [3.63, 3.8) is 0 Å². The maximum Gasteiger partial charge on any atom is 0.150 e. The van der Waals surface area contributed by atoms with Crippen molar-refractivity contribution in [2.45, 2.75) is 6.92 Å². The number of hydrogen-bond acceptors (Lipinski definition) is 2. The molecule has 0 aliphatic heterocycles. The van der Waals surface area contributed by atoms with Crippen LogP contribution < -0.4 is 0 Å². The normalized spacial score (nSPS) is 10.6. The molecule has 4 heteroatoms. The Kier molecular flexibility index (Phi) is 2.63. The monoisotopic (exact) mass is 239 g/mol. The van der Waals surface area contributed by atoms with Gasteiger partial charge in [-0.25, -0.2) is 0 Å². The second-order valence-corrected chi connectivity index (χ2v) is 4.01. The quantitative estimate of drug-likeness (QED) is 0.712. The summed E-state index contributed by atoms with van der Waals surface area (Å²) in [7, 11) is 0. The fraction of sp³-hybridized carbons (Fsp3) is 0.0909. The molecule has 0 bridgehead atoms. The molecule has 1 heterocycles. The maximum absolute atomic E-state index is 10.9. The third kappa shape index (κ3) is 1.71. The van der Waals surface area contributed by atoms with E-state index in [-0.39, 0.29) is 0 Å². The highest BCUT2D eigenvalue weighted by atomic mass is 35.5. The number of carbonyl (C=O) groups is 1. The molecule has 2 aromatic rings. The molecule has 0 aliphatic rings. The summed E-state index contributed by atoms with van der Waals surface area (Å²) < 4.78 is 0. The first-order valence-electron chi connectivity index (χ1n) is 4.34. The molecule has 0 unspecified atom stereocenters. The molecular formula is C11H7Cl2NO. The highest BCUT2D eigenvalue weighted by molar-refractivity contribution is 6.45. The van der Waals surface area contributed by atoms with E-state index >= 15 is 0 Å². The first kappa shape index (κ1) is 10.4. The molecule has 1 aromatic carbocycles. The van der Waals surface area contributed by atoms with E-state index in [1.165, 1.54) is 0 Å². The summed E-state index contributed by atoms with van der Waals surface area (Å²) in [6.07, 6.45) is 0.793. The van der Waals surface area contributed by atoms with E-state index in [0.29, 0.717) is 21.1 Å². The summed E-state index contributed by atoms with van der Waals surface area (Å²) in [5.41, 5.74) is 1.90. The molecule has 15 heavy (non-hydrogen) atoms. The smallest absolute Gasteiger partial charge is 0.150 e. The Hall–Kier alpha value is -1.12. The molecule has 0 radical (unpaired) electrons. The van der Waals surface area contributed by atoms with Crippen LogP contribution in [0, 0.1) is 6.92 Å². The number of benzene rings is 1. The van der Waals surface area contributed by atoms with Gasteiger partial charge in [0.2, 0.25) is 0 Å². The van der Waals surface area contributed by atoms with Crippen molar-refractivity contribution in [2.75, 3.05) is 0 Å². The van der Waals surface area contributed by atoms with Gasteiger partial charge in [-0.2, -0.15) is 0 Å². The third-order valence-corrected chi connectivity index (χ3v) is 2.95. The van der Waals surface area contributed by atoms with Crippen LogP contribution in [0.15, 0.2) is 18.2 Å². The second-order valence-electron chi connectivity index (χ2n) is 3.23. The van der Waals surface area contributed by atoms with Crippen molar-refractivity contribution < 1.29 is 4.79 Å². The van der Waals surface area contributed by atoms with Crippen molar-refractivity contribution in [3.8, 4) is 0 Å². The number of carbonyl (C=O) groups excluding carboxylic acids is 1. The third-order valence-electron chi connectivity index (χ3n) is 2.16. The Bertz CT molecular complexity index is 552. The average Bonchev–Trinajstić information content (AvgIpc) is 2.23. The number of aromatic nitrogens is 1. The summed E-state index contributed by atoms with van der Waals surface area (Å²) >= 11 is 11.9. The van der Waals surface area contributed by atoms with Gasteiger partial charge in [0.05, 0.1) is 15.6 Å². The summed E-state index contributed by atoms with van der Waals surface area (Å²) in [6.45, 7) is 1.81. The summed E-state index contributed by atoms with van der Waals surface area (Å²) in [5, 5.41) is 1.56. The van der Waals surface area contributed by atoms with Gasteiger partial charge < -0.3 is 0 Å². The topological polar surface area (TPSA) is 30.0 Å². The van der Waals surface area contributed by atoms with E-state index in [0.717, 1.165) is 17.4 Å². The van der Waals surface area contributed by atoms with Gasteiger partial charge in [0.1, 0.15) is 0 Å². The van der Waals surface area contributed by atoms with Crippen LogP contribution in [0.25, 0.3) is 10.9 Å². The highest BCUT2D eigenvalue weighted by Crippen LogP contribution is 2.30. The summed E-state index contributed by atoms with van der Waals surface area (Å²) in [4.78, 5) is 15.1. The minimum absolute atomic E-state index is 0.390. The van der Waals surface area contributed by atoms with Crippen LogP contribution >= 0.6 is 23.2 Å². The number of pyridine rings is 1. The molecule has 0 N–H and O–H groups in total. The Labute approximate surface area is 96.8 Å². The lowest BCUT2D eigenvalue weighted by atomic mass is 10.1. The number of halogens is 2. The van der Waals surface area contributed by atoms with E-state index in [9.17, 15) is 4.79 Å². The number of hydrogen-bond donors (Lipinski definition) is 0. The largest absolute Gasteiger partial charge is 0.298 e. The van der Waals surface area contributed by atoms with Crippen molar-refractivity contribution >= 4 is 40.4 Å². The van der Waals surface area contributed by atoms with Crippen molar-refractivity contribution in [3.05, 3.63) is 39.5 Å². The zero-order valence-electron chi connectivity index (χ0n) is 7.92. The SMILES string of the molecule is Cc1cc(C=O)c2ccc(Cl)c(Cl)c2n1. The predicted octanol–water partition coefficient (Wildman–Crippen LogP) is 3.66. The van der Waals surface area contributed by atoms with E-state index in [1.807, 2.05) is 6.92 Å². The number of rotatable bonds is 1. The minimum atomic E-state index is 0.390. The molecule has 0 saturated heterocycles. The van der Waals surface area contributed by atoms with Gasteiger partial charge in [-0.15, -0.1) is 0 Å². The molecule has 0 spiro atoms. The fourth-order valence-electron chi connectivity index (χ4n) is 1.49. The highest BCUT2D eigenvalue weighted by Gasteiger charge is 2.09. The summed E-state index contributed by atoms with van der Waals surface area (Å²) in [5.74, 6) is 0. The molecular weight excluding hydrogens is 233 g/mol. The van der Waals surface area contributed by atoms with Crippen LogP contribution in [0.4, 0.5) is 0 Å². The second kappa shape index (κ2) is 3.80. The van der Waals surface area contributed by atoms with Gasteiger partial charge in [0.15, 0.2) is 6.29 Å². The number of aryl methyl sites for hydroxylation is 1. The molecule has 0 saturated carbocycles. The Morgan fingerprint density at radius 3 is 2.73 bits per heavy atom. The Morgan fingerprint density at radius 2 is 2.07 bits per heavy atom. The Balaban J connectivity index is 2.95. The van der Waals surface area contributed by atoms with Gasteiger partial charge in [-0.3, -0.25) is 9.78 Å². The van der Waals surface area contributed by atoms with Crippen LogP contribution in [0.2, 0.25) is 10.0 Å². The molecule has 76 valence electrons. The van der Waals surface area contributed by atoms with Crippen LogP contribution in [-0.4, -0.2) is 11.3 Å². The van der Waals surface area contributed by atoms with Gasteiger partial charge in [0.25, 0.3) is 0 Å². The molecule has 1 aromatic heterocycles. The van der Waals surface area contributed by atoms with Crippen molar-refractivity contribution in [1.29, 1.82) is 0 Å². The standard InChI is InChI=1S/C11H7Cl2NO/c1-6-4-7(5-15)8-2-3-9(12)10(13)11(8)14-6/h2-5H,1H3. The molecule has 2 nitrogen and oxygen atoms in total. The first-order valence-corrected chi connectivity index (χ1v) is 5.09. The van der Waals surface area contributed by atoms with E-state index < -0.39 is 0 Å². The van der Waals surface area contributed by atoms with Gasteiger partial charge >= 0.3 is 0 Å². The van der Waals surface area contributed by atoms with Crippen molar-refractivity contribution in [1.82, 2.24) is 4.98 Å². The molecule has 0 aliphatic carbocycles. The minimum Gasteiger partial charge on any atom is -0.298 e. The van der Waals surface area contributed by atoms with Crippen LogP contribution in [0.3, 0.4) is 0 Å². The Morgan fingerprint density at radius 1 is 1.33 bits per heavy atom. The van der Waals surface area contributed by atoms with Crippen LogP contribution in [-0.2, 0) is 0 Å². The predicted molar refractivity (Wildman–Crippen MR) is 61.9 cm³/mol. The average molecular weight is 240 g/mol. The number of nitrogens with zero attached hydrogens (tertiary/aromatic N) is 1. The molecule has 0 atom stereocenters. The molecule has 0 fully saturated rings. The zero-order valence-corrected chi connectivity index (χ0v) is 9.43. The molecule has 0 amide bonds. The lowest BCUT2D eigenvalue weighted by Crippen LogP contribution is -1.91. The lowest BCUT2D eigenvalue weighted by molar-refractivity contribution is 0.112. The van der Waals surface area contributed by atoms with E-state index in [1.54, 1.807) is 18.2 Å². The number of fused-ring (bicyclic) bond motifs is 1. The van der Waals surface area contributed by atoms with Crippen molar-refractivity contribution in [2.24, 2.45) is 0 Å². The first-order chi connectivity index (χ1) is 7.13. The van der Waals surface area contributed by atoms with E-state index in [2.05, 4.69) is 4.98 Å². The zero-order chi connectivity index (χ0) is 11.0. The summed E-state index contributed by atoms with van der Waals surface area (Å²) in [6, 6.07) is 5.13. The van der Waals surface area contributed by atoms with Gasteiger partial charge in [-0.05, 0) is 19.1 Å². The van der Waals surface area contributed by atoms with Gasteiger partial charge in [-0.1, -0.05) is 29.3 Å². The number of aldehydes is 1.